The molecule has 0 bridgehead atoms. The van der Waals surface area contributed by atoms with Crippen molar-refractivity contribution in [2.45, 2.75) is 74.6 Å². The number of nitrogens with zero attached hydrogens (tertiary/aromatic N) is 3. The Morgan fingerprint density at radius 3 is 2.53 bits per heavy atom. The molecule has 0 spiro atoms. The lowest BCUT2D eigenvalue weighted by Gasteiger charge is -2.39. The predicted octanol–water partition coefficient (Wildman–Crippen LogP) is 6.17. The van der Waals surface area contributed by atoms with E-state index in [0.29, 0.717) is 17.6 Å². The van der Waals surface area contributed by atoms with Crippen LogP contribution in [0.1, 0.15) is 68.7 Å². The Morgan fingerprint density at radius 1 is 1.00 bits per heavy atom. The van der Waals surface area contributed by atoms with Gasteiger partial charge >= 0.3 is 0 Å². The van der Waals surface area contributed by atoms with Crippen LogP contribution in [0.4, 0.5) is 5.69 Å². The van der Waals surface area contributed by atoms with Crippen LogP contribution < -0.4 is 4.90 Å². The first-order valence-corrected chi connectivity index (χ1v) is 12.8. The molecule has 0 N–H and O–H groups in total. The third-order valence-corrected chi connectivity index (χ3v) is 8.19. The highest BCUT2D eigenvalue weighted by atomic mass is 32.2. The molecule has 2 heterocycles. The van der Waals surface area contributed by atoms with Crippen LogP contribution in [0.3, 0.4) is 0 Å². The number of para-hydroxylation sites is 1. The van der Waals surface area contributed by atoms with Gasteiger partial charge in [0.25, 0.3) is 0 Å². The number of rotatable bonds is 7. The van der Waals surface area contributed by atoms with Gasteiger partial charge in [-0.3, -0.25) is 9.69 Å². The molecule has 1 saturated heterocycles. The summed E-state index contributed by atoms with van der Waals surface area (Å²) in [6.07, 6.45) is 7.30. The largest absolute Gasteiger partial charge is 0.310 e. The molecule has 2 aliphatic rings. The van der Waals surface area contributed by atoms with Crippen molar-refractivity contribution in [1.29, 1.82) is 5.26 Å². The van der Waals surface area contributed by atoms with Gasteiger partial charge in [-0.2, -0.15) is 5.26 Å². The van der Waals surface area contributed by atoms with Gasteiger partial charge in [0.15, 0.2) is 0 Å². The Bertz CT molecular complexity index is 975. The number of nitriles is 1. The number of carbonyl (C=O) groups is 1. The minimum Gasteiger partial charge on any atom is -0.310 e. The first-order valence-electron chi connectivity index (χ1n) is 11.9. The summed E-state index contributed by atoms with van der Waals surface area (Å²) in [5.41, 5.74) is 2.53. The summed E-state index contributed by atoms with van der Waals surface area (Å²) < 4.78 is 0. The normalized spacial score (nSPS) is 23.6. The highest BCUT2D eigenvalue weighted by molar-refractivity contribution is 8.00. The molecule has 168 valence electrons. The van der Waals surface area contributed by atoms with Gasteiger partial charge in [0.2, 0.25) is 5.91 Å². The van der Waals surface area contributed by atoms with Gasteiger partial charge in [0.05, 0.1) is 17.3 Å². The molecule has 2 aromatic carbocycles. The molecule has 0 saturated carbocycles. The van der Waals surface area contributed by atoms with Crippen LogP contribution in [0.2, 0.25) is 0 Å². The zero-order valence-electron chi connectivity index (χ0n) is 19.2. The molecule has 2 aromatic rings. The van der Waals surface area contributed by atoms with E-state index in [9.17, 15) is 10.1 Å². The molecule has 1 amide bonds. The molecule has 2 aliphatic heterocycles. The average molecular weight is 448 g/mol. The SMILES string of the molecule is CC1CCCC(C)N1CCCCCN1C(=O)C(c2cccc(C#N)c2)Sc2ccccc21. The van der Waals surface area contributed by atoms with E-state index < -0.39 is 0 Å². The number of thioether (sulfide) groups is 1. The highest BCUT2D eigenvalue weighted by Crippen LogP contribution is 2.46. The molecule has 3 unspecified atom stereocenters. The molecular weight excluding hydrogens is 414 g/mol. The summed E-state index contributed by atoms with van der Waals surface area (Å²) >= 11 is 1.60. The second-order valence-electron chi connectivity index (χ2n) is 9.12. The number of hydrogen-bond donors (Lipinski definition) is 0. The van der Waals surface area contributed by atoms with E-state index in [1.807, 2.05) is 35.2 Å². The average Bonchev–Trinajstić information content (AvgIpc) is 2.81. The second kappa shape index (κ2) is 10.6. The van der Waals surface area contributed by atoms with Crippen LogP contribution >= 0.6 is 11.8 Å². The number of benzene rings is 2. The minimum atomic E-state index is -0.298. The van der Waals surface area contributed by atoms with Crippen molar-refractivity contribution in [2.24, 2.45) is 0 Å². The molecule has 4 rings (SSSR count). The van der Waals surface area contributed by atoms with E-state index in [-0.39, 0.29) is 11.2 Å². The summed E-state index contributed by atoms with van der Waals surface area (Å²) in [6.45, 7) is 6.62. The number of unbranched alkanes of at least 4 members (excludes halogenated alkanes) is 2. The molecule has 32 heavy (non-hydrogen) atoms. The molecule has 0 aliphatic carbocycles. The van der Waals surface area contributed by atoms with Crippen molar-refractivity contribution in [3.05, 3.63) is 59.7 Å². The van der Waals surface area contributed by atoms with Crippen molar-refractivity contribution in [2.75, 3.05) is 18.0 Å². The van der Waals surface area contributed by atoms with E-state index >= 15 is 0 Å². The van der Waals surface area contributed by atoms with Crippen LogP contribution in [0.25, 0.3) is 0 Å². The number of piperidine rings is 1. The molecule has 3 atom stereocenters. The first kappa shape index (κ1) is 22.9. The van der Waals surface area contributed by atoms with Crippen LogP contribution in [-0.2, 0) is 4.79 Å². The second-order valence-corrected chi connectivity index (χ2v) is 10.3. The monoisotopic (exact) mass is 447 g/mol. The van der Waals surface area contributed by atoms with Crippen molar-refractivity contribution in [3.63, 3.8) is 0 Å². The number of fused-ring (bicyclic) bond motifs is 1. The number of hydrogen-bond acceptors (Lipinski definition) is 4. The Labute approximate surface area is 196 Å². The van der Waals surface area contributed by atoms with Crippen LogP contribution in [0.5, 0.6) is 0 Å². The number of likely N-dealkylation sites (tertiary alicyclic amines) is 1. The molecule has 1 fully saturated rings. The summed E-state index contributed by atoms with van der Waals surface area (Å²) in [4.78, 5) is 19.3. The first-order chi connectivity index (χ1) is 15.6. The van der Waals surface area contributed by atoms with Gasteiger partial charge in [-0.1, -0.05) is 37.1 Å². The Morgan fingerprint density at radius 2 is 1.75 bits per heavy atom. The topological polar surface area (TPSA) is 47.3 Å². The van der Waals surface area contributed by atoms with Gasteiger partial charge in [-0.25, -0.2) is 0 Å². The third kappa shape index (κ3) is 5.03. The molecule has 5 heteroatoms. The smallest absolute Gasteiger partial charge is 0.245 e. The van der Waals surface area contributed by atoms with Crippen molar-refractivity contribution >= 4 is 23.4 Å². The Kier molecular flexibility index (Phi) is 7.55. The fourth-order valence-electron chi connectivity index (χ4n) is 5.09. The van der Waals surface area contributed by atoms with Crippen LogP contribution in [0.15, 0.2) is 53.4 Å². The highest BCUT2D eigenvalue weighted by Gasteiger charge is 2.34. The minimum absolute atomic E-state index is 0.127. The maximum Gasteiger partial charge on any atom is 0.245 e. The Balaban J connectivity index is 1.40. The van der Waals surface area contributed by atoms with E-state index in [4.69, 9.17) is 0 Å². The van der Waals surface area contributed by atoms with Gasteiger partial charge in [0.1, 0.15) is 5.25 Å². The van der Waals surface area contributed by atoms with Gasteiger partial charge in [-0.05, 0) is 75.9 Å². The molecule has 4 nitrogen and oxygen atoms in total. The lowest BCUT2D eigenvalue weighted by molar-refractivity contribution is -0.118. The van der Waals surface area contributed by atoms with E-state index in [0.717, 1.165) is 42.1 Å². The third-order valence-electron chi connectivity index (χ3n) is 6.88. The summed E-state index contributed by atoms with van der Waals surface area (Å²) in [5, 5.41) is 8.98. The number of anilines is 1. The van der Waals surface area contributed by atoms with Crippen molar-refractivity contribution in [1.82, 2.24) is 4.90 Å². The van der Waals surface area contributed by atoms with Crippen LogP contribution in [-0.4, -0.2) is 36.0 Å². The maximum absolute atomic E-state index is 13.5. The van der Waals surface area contributed by atoms with Gasteiger partial charge in [-0.15, -0.1) is 11.8 Å². The molecule has 0 aromatic heterocycles. The lowest BCUT2D eigenvalue weighted by Crippen LogP contribution is -2.44. The lowest BCUT2D eigenvalue weighted by atomic mass is 9.97. The predicted molar refractivity (Wildman–Crippen MR) is 132 cm³/mol. The number of carbonyl (C=O) groups excluding carboxylic acids is 1. The zero-order chi connectivity index (χ0) is 22.5. The standard InChI is InChI=1S/C27H33N3OS/c1-20-10-8-11-21(2)29(20)16-6-3-7-17-30-24-14-4-5-15-25(24)32-26(27(30)31)23-13-9-12-22(18-23)19-28/h4-5,9,12-15,18,20-21,26H,3,6-8,10-11,16-17H2,1-2H3. The number of amides is 1. The zero-order valence-corrected chi connectivity index (χ0v) is 20.0. The van der Waals surface area contributed by atoms with E-state index in [1.54, 1.807) is 17.8 Å². The molecule has 0 radical (unpaired) electrons. The van der Waals surface area contributed by atoms with Crippen molar-refractivity contribution < 1.29 is 4.79 Å². The quantitative estimate of drug-likeness (QED) is 0.476. The van der Waals surface area contributed by atoms with Crippen molar-refractivity contribution in [3.8, 4) is 6.07 Å². The van der Waals surface area contributed by atoms with E-state index in [2.05, 4.69) is 36.9 Å². The maximum atomic E-state index is 13.5. The fraction of sp³-hybridized carbons (Fsp3) is 0.481. The van der Waals surface area contributed by atoms with Crippen LogP contribution in [0, 0.1) is 11.3 Å². The summed E-state index contributed by atoms with van der Waals surface area (Å²) in [5.74, 6) is 0.127. The van der Waals surface area contributed by atoms with E-state index in [1.165, 1.54) is 25.7 Å². The van der Waals surface area contributed by atoms with Gasteiger partial charge in [0, 0.05) is 23.5 Å². The fourth-order valence-corrected chi connectivity index (χ4v) is 6.31. The molecular formula is C27H33N3OS. The Hall–Kier alpha value is -2.29. The summed E-state index contributed by atoms with van der Waals surface area (Å²) in [7, 11) is 0. The summed E-state index contributed by atoms with van der Waals surface area (Å²) in [6, 6.07) is 19.2. The van der Waals surface area contributed by atoms with Gasteiger partial charge < -0.3 is 4.90 Å².